The van der Waals surface area contributed by atoms with Gasteiger partial charge in [0.15, 0.2) is 0 Å². The molecule has 1 amide bonds. The molecule has 0 unspecified atom stereocenters. The van der Waals surface area contributed by atoms with E-state index in [4.69, 9.17) is 34.8 Å². The molecule has 0 saturated heterocycles. The Hall–Kier alpha value is -1.75. The lowest BCUT2D eigenvalue weighted by Crippen LogP contribution is -2.26. The first-order chi connectivity index (χ1) is 11.0. The van der Waals surface area contributed by atoms with E-state index in [2.05, 4.69) is 15.8 Å². The van der Waals surface area contributed by atoms with Gasteiger partial charge in [0.05, 0.1) is 22.8 Å². The zero-order valence-electron chi connectivity index (χ0n) is 12.2. The summed E-state index contributed by atoms with van der Waals surface area (Å²) in [6, 6.07) is 10.6. The van der Waals surface area contributed by atoms with Crippen LogP contribution in [-0.4, -0.2) is 18.7 Å². The minimum Gasteiger partial charge on any atom is -0.376 e. The molecular weight excluding hydrogens is 357 g/mol. The minimum atomic E-state index is -0.293. The highest BCUT2D eigenvalue weighted by molar-refractivity contribution is 6.43. The Bertz CT molecular complexity index is 747. The van der Waals surface area contributed by atoms with Crippen molar-refractivity contribution in [3.05, 3.63) is 62.6 Å². The molecule has 0 aliphatic heterocycles. The van der Waals surface area contributed by atoms with Crippen LogP contribution >= 0.6 is 34.8 Å². The van der Waals surface area contributed by atoms with Gasteiger partial charge in [-0.25, -0.2) is 5.43 Å². The second-order valence-electron chi connectivity index (χ2n) is 4.70. The Morgan fingerprint density at radius 3 is 2.61 bits per heavy atom. The average Bonchev–Trinajstić information content (AvgIpc) is 2.53. The summed E-state index contributed by atoms with van der Waals surface area (Å²) in [4.78, 5) is 11.8. The second-order valence-corrected chi connectivity index (χ2v) is 5.89. The van der Waals surface area contributed by atoms with Crippen LogP contribution in [-0.2, 0) is 4.79 Å². The van der Waals surface area contributed by atoms with Crippen LogP contribution in [0.15, 0.2) is 41.5 Å². The minimum absolute atomic E-state index is 0.0712. The fourth-order valence-electron chi connectivity index (χ4n) is 1.81. The molecule has 0 spiro atoms. The number of nitrogens with zero attached hydrogens (tertiary/aromatic N) is 1. The zero-order valence-corrected chi connectivity index (χ0v) is 14.5. The van der Waals surface area contributed by atoms with Gasteiger partial charge in [-0.2, -0.15) is 5.10 Å². The van der Waals surface area contributed by atoms with Gasteiger partial charge < -0.3 is 5.32 Å². The predicted octanol–water partition coefficient (Wildman–Crippen LogP) is 4.52. The lowest BCUT2D eigenvalue weighted by atomic mass is 10.2. The van der Waals surface area contributed by atoms with E-state index in [0.29, 0.717) is 20.6 Å². The third kappa shape index (κ3) is 4.86. The van der Waals surface area contributed by atoms with Crippen molar-refractivity contribution in [2.75, 3.05) is 11.9 Å². The number of halogens is 3. The maximum atomic E-state index is 11.8. The summed E-state index contributed by atoms with van der Waals surface area (Å²) in [7, 11) is 0. The first-order valence-corrected chi connectivity index (χ1v) is 7.87. The molecule has 0 aliphatic rings. The van der Waals surface area contributed by atoms with Crippen molar-refractivity contribution < 1.29 is 4.79 Å². The molecule has 0 aliphatic carbocycles. The number of benzene rings is 2. The highest BCUT2D eigenvalue weighted by Crippen LogP contribution is 2.24. The normalized spacial score (nSPS) is 10.8. The van der Waals surface area contributed by atoms with Gasteiger partial charge in [0.1, 0.15) is 0 Å². The van der Waals surface area contributed by atoms with Gasteiger partial charge in [0.2, 0.25) is 0 Å². The van der Waals surface area contributed by atoms with Gasteiger partial charge in [-0.1, -0.05) is 53.0 Å². The van der Waals surface area contributed by atoms with E-state index in [9.17, 15) is 4.79 Å². The largest absolute Gasteiger partial charge is 0.376 e. The van der Waals surface area contributed by atoms with E-state index in [0.717, 1.165) is 11.3 Å². The van der Waals surface area contributed by atoms with E-state index >= 15 is 0 Å². The van der Waals surface area contributed by atoms with Crippen LogP contribution in [0, 0.1) is 6.92 Å². The van der Waals surface area contributed by atoms with Crippen LogP contribution in [0.3, 0.4) is 0 Å². The molecule has 0 saturated carbocycles. The maximum absolute atomic E-state index is 11.8. The standard InChI is InChI=1S/C16H14Cl3N3O/c1-10-12(17)5-3-7-14(10)20-9-15(23)22-21-8-11-4-2-6-13(18)16(11)19/h2-8,20H,9H2,1H3,(H,22,23). The summed E-state index contributed by atoms with van der Waals surface area (Å²) in [6.07, 6.45) is 1.44. The molecule has 0 fully saturated rings. The van der Waals surface area contributed by atoms with E-state index in [-0.39, 0.29) is 12.5 Å². The molecule has 120 valence electrons. The Morgan fingerprint density at radius 2 is 1.83 bits per heavy atom. The van der Waals surface area contributed by atoms with Crippen molar-refractivity contribution in [1.29, 1.82) is 0 Å². The number of carbonyl (C=O) groups excluding carboxylic acids is 1. The molecule has 0 bridgehead atoms. The Balaban J connectivity index is 1.89. The third-order valence-corrected chi connectivity index (χ3v) is 4.32. The molecule has 2 aromatic rings. The smallest absolute Gasteiger partial charge is 0.259 e. The fourth-order valence-corrected chi connectivity index (χ4v) is 2.34. The highest BCUT2D eigenvalue weighted by atomic mass is 35.5. The summed E-state index contributed by atoms with van der Waals surface area (Å²) < 4.78 is 0. The molecule has 0 atom stereocenters. The Morgan fingerprint density at radius 1 is 1.13 bits per heavy atom. The van der Waals surface area contributed by atoms with Gasteiger partial charge in [0.25, 0.3) is 5.91 Å². The summed E-state index contributed by atoms with van der Waals surface area (Å²) >= 11 is 17.9. The lowest BCUT2D eigenvalue weighted by molar-refractivity contribution is -0.119. The lowest BCUT2D eigenvalue weighted by Gasteiger charge is -2.09. The number of carbonyl (C=O) groups is 1. The molecule has 2 N–H and O–H groups in total. The van der Waals surface area contributed by atoms with Crippen molar-refractivity contribution in [3.63, 3.8) is 0 Å². The van der Waals surface area contributed by atoms with Gasteiger partial charge in [-0.15, -0.1) is 0 Å². The number of nitrogens with one attached hydrogen (secondary N) is 2. The Kier molecular flexibility index (Phi) is 6.28. The molecule has 2 aromatic carbocycles. The molecule has 2 rings (SSSR count). The molecule has 4 nitrogen and oxygen atoms in total. The van der Waals surface area contributed by atoms with E-state index in [1.165, 1.54) is 6.21 Å². The topological polar surface area (TPSA) is 53.5 Å². The number of hydrogen-bond acceptors (Lipinski definition) is 3. The van der Waals surface area contributed by atoms with Crippen molar-refractivity contribution in [3.8, 4) is 0 Å². The second kappa shape index (κ2) is 8.20. The van der Waals surface area contributed by atoms with Crippen LogP contribution in [0.5, 0.6) is 0 Å². The quantitative estimate of drug-likeness (QED) is 0.600. The number of rotatable bonds is 5. The molecule has 23 heavy (non-hydrogen) atoms. The summed E-state index contributed by atoms with van der Waals surface area (Å²) in [6.45, 7) is 1.95. The van der Waals surface area contributed by atoms with Crippen molar-refractivity contribution in [2.24, 2.45) is 5.10 Å². The zero-order chi connectivity index (χ0) is 16.8. The molecule has 0 radical (unpaired) electrons. The number of hydrogen-bond donors (Lipinski definition) is 2. The van der Waals surface area contributed by atoms with Crippen LogP contribution in [0.4, 0.5) is 5.69 Å². The average molecular weight is 371 g/mol. The van der Waals surface area contributed by atoms with Crippen LogP contribution in [0.2, 0.25) is 15.1 Å². The van der Waals surface area contributed by atoms with Crippen molar-refractivity contribution in [2.45, 2.75) is 6.92 Å². The summed E-state index contributed by atoms with van der Waals surface area (Å²) in [5.41, 5.74) is 4.72. The first kappa shape index (κ1) is 17.6. The van der Waals surface area contributed by atoms with Crippen LogP contribution in [0.1, 0.15) is 11.1 Å². The van der Waals surface area contributed by atoms with E-state index < -0.39 is 0 Å². The fraction of sp³-hybridized carbons (Fsp3) is 0.125. The SMILES string of the molecule is Cc1c(Cl)cccc1NCC(=O)NN=Cc1cccc(Cl)c1Cl. The van der Waals surface area contributed by atoms with E-state index in [1.807, 2.05) is 19.1 Å². The first-order valence-electron chi connectivity index (χ1n) is 6.74. The summed E-state index contributed by atoms with van der Waals surface area (Å²) in [5.74, 6) is -0.293. The van der Waals surface area contributed by atoms with Crippen molar-refractivity contribution >= 4 is 52.6 Å². The highest BCUT2D eigenvalue weighted by Gasteiger charge is 2.05. The monoisotopic (exact) mass is 369 g/mol. The third-order valence-electron chi connectivity index (χ3n) is 3.08. The summed E-state index contributed by atoms with van der Waals surface area (Å²) in [5, 5.41) is 8.33. The molecule has 0 aromatic heterocycles. The van der Waals surface area contributed by atoms with E-state index in [1.54, 1.807) is 24.3 Å². The maximum Gasteiger partial charge on any atom is 0.259 e. The number of anilines is 1. The number of amides is 1. The molecule has 0 heterocycles. The van der Waals surface area contributed by atoms with Gasteiger partial charge >= 0.3 is 0 Å². The number of hydrazone groups is 1. The molecular formula is C16H14Cl3N3O. The van der Waals surface area contributed by atoms with Crippen LogP contribution in [0.25, 0.3) is 0 Å². The van der Waals surface area contributed by atoms with Crippen molar-refractivity contribution in [1.82, 2.24) is 5.43 Å². The van der Waals surface area contributed by atoms with Gasteiger partial charge in [-0.3, -0.25) is 4.79 Å². The van der Waals surface area contributed by atoms with Gasteiger partial charge in [0, 0.05) is 16.3 Å². The predicted molar refractivity (Wildman–Crippen MR) is 96.9 cm³/mol. The molecule has 7 heteroatoms. The van der Waals surface area contributed by atoms with Crippen LogP contribution < -0.4 is 10.7 Å². The van der Waals surface area contributed by atoms with Gasteiger partial charge in [-0.05, 0) is 30.7 Å². The Labute approximate surface area is 149 Å².